The number of fused-ring (bicyclic) bond motifs is 2. The minimum absolute atomic E-state index is 0.0689. The minimum atomic E-state index is -3.35. The Morgan fingerprint density at radius 2 is 1.82 bits per heavy atom. The van der Waals surface area contributed by atoms with E-state index >= 15 is 0 Å². The summed E-state index contributed by atoms with van der Waals surface area (Å²) in [6, 6.07) is 13.8. The third kappa shape index (κ3) is 5.34. The molecule has 40 heavy (non-hydrogen) atoms. The Bertz CT molecular complexity index is 1360. The second kappa shape index (κ2) is 10.8. The van der Waals surface area contributed by atoms with Crippen molar-refractivity contribution in [2.75, 3.05) is 12.9 Å². The number of benzene rings is 2. The van der Waals surface area contributed by atoms with E-state index in [2.05, 4.69) is 26.1 Å². The summed E-state index contributed by atoms with van der Waals surface area (Å²) in [5.41, 5.74) is 2.77. The van der Waals surface area contributed by atoms with Crippen molar-refractivity contribution in [3.05, 3.63) is 54.1 Å². The minimum Gasteiger partial charge on any atom is -0.394 e. The van der Waals surface area contributed by atoms with Crippen LogP contribution in [-0.2, 0) is 26.0 Å². The fourth-order valence-electron chi connectivity index (χ4n) is 7.42. The van der Waals surface area contributed by atoms with Gasteiger partial charge in [-0.1, -0.05) is 51.1 Å². The van der Waals surface area contributed by atoms with Gasteiger partial charge in [-0.2, -0.15) is 5.06 Å². The van der Waals surface area contributed by atoms with Crippen molar-refractivity contribution in [2.45, 2.75) is 76.3 Å². The standard InChI is InChI=1S/C31H42N2O6S/c1-18-25-14-23(31(25,3)4)15-26(18)32-30(36)29-28(19(2)35)27(17-34)39-33(29)16-20-8-6-9-21(12-20)22-10-7-11-24(13-22)40(5,37)38/h6-13,18-19,23,25-29,34-35H,14-17H2,1-5H3,(H,32,36)/t18-,19-,23-,25+,26-,27-,28+,29-/m0/s1. The first kappa shape index (κ1) is 29.2. The van der Waals surface area contributed by atoms with Crippen LogP contribution in [0, 0.1) is 29.1 Å². The monoisotopic (exact) mass is 570 g/mol. The van der Waals surface area contributed by atoms with Crippen LogP contribution in [0.25, 0.3) is 11.1 Å². The predicted molar refractivity (Wildman–Crippen MR) is 153 cm³/mol. The van der Waals surface area contributed by atoms with Crippen molar-refractivity contribution in [1.29, 1.82) is 0 Å². The van der Waals surface area contributed by atoms with Crippen molar-refractivity contribution in [3.8, 4) is 11.1 Å². The van der Waals surface area contributed by atoms with Gasteiger partial charge in [0, 0.05) is 18.2 Å². The van der Waals surface area contributed by atoms with Crippen LogP contribution in [0.3, 0.4) is 0 Å². The molecule has 6 rings (SSSR count). The number of aliphatic hydroxyl groups excluding tert-OH is 2. The number of rotatable bonds is 8. The lowest BCUT2D eigenvalue weighted by molar-refractivity contribution is -0.183. The summed E-state index contributed by atoms with van der Waals surface area (Å²) in [6.45, 7) is 8.46. The second-order valence-corrected chi connectivity index (χ2v) is 14.8. The third-order valence-electron chi connectivity index (χ3n) is 9.92. The largest absolute Gasteiger partial charge is 0.394 e. The highest BCUT2D eigenvalue weighted by molar-refractivity contribution is 7.90. The lowest BCUT2D eigenvalue weighted by atomic mass is 9.45. The Balaban J connectivity index is 1.38. The number of nitrogens with zero attached hydrogens (tertiary/aromatic N) is 1. The number of carbonyl (C=O) groups is 1. The van der Waals surface area contributed by atoms with E-state index in [4.69, 9.17) is 4.84 Å². The molecule has 4 fully saturated rings. The molecule has 1 amide bonds. The van der Waals surface area contributed by atoms with Crippen molar-refractivity contribution in [2.24, 2.45) is 29.1 Å². The molecule has 0 aromatic heterocycles. The molecular formula is C31H42N2O6S. The van der Waals surface area contributed by atoms with Gasteiger partial charge in [-0.3, -0.25) is 9.63 Å². The van der Waals surface area contributed by atoms with E-state index in [-0.39, 0.29) is 30.0 Å². The molecule has 3 saturated carbocycles. The van der Waals surface area contributed by atoms with E-state index in [1.165, 1.54) is 12.7 Å². The highest BCUT2D eigenvalue weighted by Crippen LogP contribution is 2.61. The van der Waals surface area contributed by atoms with Crippen LogP contribution in [0.2, 0.25) is 0 Å². The molecule has 8 atom stereocenters. The quantitative estimate of drug-likeness (QED) is 0.445. The summed E-state index contributed by atoms with van der Waals surface area (Å²) in [6.07, 6.45) is 1.78. The summed E-state index contributed by atoms with van der Waals surface area (Å²) in [4.78, 5) is 20.2. The number of carbonyl (C=O) groups excluding carboxylic acids is 1. The summed E-state index contributed by atoms with van der Waals surface area (Å²) in [5, 5.41) is 25.6. The Kier molecular flexibility index (Phi) is 7.91. The van der Waals surface area contributed by atoms with Crippen LogP contribution in [0.15, 0.2) is 53.4 Å². The van der Waals surface area contributed by atoms with Crippen LogP contribution in [0.5, 0.6) is 0 Å². The Morgan fingerprint density at radius 3 is 2.42 bits per heavy atom. The molecule has 1 heterocycles. The van der Waals surface area contributed by atoms with E-state index in [1.807, 2.05) is 30.3 Å². The molecule has 8 nitrogen and oxygen atoms in total. The summed E-state index contributed by atoms with van der Waals surface area (Å²) in [5.74, 6) is 0.753. The Morgan fingerprint density at radius 1 is 1.15 bits per heavy atom. The number of aliphatic hydroxyl groups is 2. The van der Waals surface area contributed by atoms with Crippen molar-refractivity contribution < 1.29 is 28.3 Å². The third-order valence-corrected chi connectivity index (χ3v) is 11.0. The molecule has 2 bridgehead atoms. The van der Waals surface area contributed by atoms with E-state index in [9.17, 15) is 23.4 Å². The summed E-state index contributed by atoms with van der Waals surface area (Å²) in [7, 11) is -3.35. The molecule has 9 heteroatoms. The van der Waals surface area contributed by atoms with Crippen LogP contribution in [0.1, 0.15) is 46.1 Å². The van der Waals surface area contributed by atoms with Gasteiger partial charge in [-0.05, 0) is 77.8 Å². The van der Waals surface area contributed by atoms with E-state index in [1.54, 1.807) is 30.2 Å². The molecule has 3 N–H and O–H groups in total. The van der Waals surface area contributed by atoms with Gasteiger partial charge >= 0.3 is 0 Å². The highest BCUT2D eigenvalue weighted by atomic mass is 32.2. The van der Waals surface area contributed by atoms with Gasteiger partial charge in [0.2, 0.25) is 5.91 Å². The molecule has 0 unspecified atom stereocenters. The smallest absolute Gasteiger partial charge is 0.240 e. The second-order valence-electron chi connectivity index (χ2n) is 12.7. The van der Waals surface area contributed by atoms with Gasteiger partial charge in [0.15, 0.2) is 9.84 Å². The molecule has 4 aliphatic rings. The fourth-order valence-corrected chi connectivity index (χ4v) is 8.09. The Hall–Kier alpha value is -2.30. The number of sulfone groups is 1. The average Bonchev–Trinajstić information content (AvgIpc) is 3.27. The van der Waals surface area contributed by atoms with E-state index < -0.39 is 34.0 Å². The first-order chi connectivity index (χ1) is 18.8. The molecule has 1 saturated heterocycles. The topological polar surface area (TPSA) is 116 Å². The molecule has 218 valence electrons. The van der Waals surface area contributed by atoms with Crippen LogP contribution < -0.4 is 5.32 Å². The zero-order valence-electron chi connectivity index (χ0n) is 23.9. The summed E-state index contributed by atoms with van der Waals surface area (Å²) < 4.78 is 24.1. The number of hydrogen-bond acceptors (Lipinski definition) is 7. The first-order valence-electron chi connectivity index (χ1n) is 14.2. The number of hydrogen-bond donors (Lipinski definition) is 3. The van der Waals surface area contributed by atoms with Crippen LogP contribution in [0.4, 0.5) is 0 Å². The Labute approximate surface area is 237 Å². The molecule has 0 radical (unpaired) electrons. The van der Waals surface area contributed by atoms with Gasteiger partial charge in [0.1, 0.15) is 12.1 Å². The zero-order chi connectivity index (χ0) is 29.0. The first-order valence-corrected chi connectivity index (χ1v) is 16.1. The van der Waals surface area contributed by atoms with Crippen molar-refractivity contribution in [3.63, 3.8) is 0 Å². The van der Waals surface area contributed by atoms with Gasteiger partial charge in [-0.25, -0.2) is 8.42 Å². The predicted octanol–water partition coefficient (Wildman–Crippen LogP) is 3.42. The van der Waals surface area contributed by atoms with Crippen LogP contribution >= 0.6 is 0 Å². The number of nitrogens with one attached hydrogen (secondary N) is 1. The molecular weight excluding hydrogens is 528 g/mol. The summed E-state index contributed by atoms with van der Waals surface area (Å²) >= 11 is 0. The van der Waals surface area contributed by atoms with Gasteiger partial charge in [0.05, 0.1) is 24.2 Å². The lowest BCUT2D eigenvalue weighted by Crippen LogP contribution is -2.62. The molecule has 1 aliphatic heterocycles. The van der Waals surface area contributed by atoms with Crippen LogP contribution in [-0.4, -0.2) is 66.8 Å². The number of amides is 1. The van der Waals surface area contributed by atoms with Gasteiger partial charge < -0.3 is 15.5 Å². The average molecular weight is 571 g/mol. The highest BCUT2D eigenvalue weighted by Gasteiger charge is 2.57. The maximum atomic E-state index is 13.9. The van der Waals surface area contributed by atoms with Crippen molar-refractivity contribution >= 4 is 15.7 Å². The van der Waals surface area contributed by atoms with Gasteiger partial charge in [0.25, 0.3) is 0 Å². The SMILES string of the molecule is C[C@@H]1[C@@H](NC(=O)[C@@H]2[C@H]([C@H](C)O)[C@H](CO)ON2Cc2cccc(-c3cccc(S(C)(=O)=O)c3)c2)C[C@@H]2C[C@H]1C2(C)C. The molecule has 0 spiro atoms. The van der Waals surface area contributed by atoms with Crippen molar-refractivity contribution in [1.82, 2.24) is 10.4 Å². The van der Waals surface area contributed by atoms with E-state index in [0.29, 0.717) is 23.2 Å². The normalized spacial score (nSPS) is 32.3. The lowest BCUT2D eigenvalue weighted by Gasteiger charge is -2.62. The molecule has 3 aliphatic carbocycles. The molecule has 2 aromatic rings. The maximum absolute atomic E-state index is 13.9. The molecule has 2 aromatic carbocycles. The fraction of sp³-hybridized carbons (Fsp3) is 0.581. The maximum Gasteiger partial charge on any atom is 0.240 e. The number of hydroxylamine groups is 2. The van der Waals surface area contributed by atoms with E-state index in [0.717, 1.165) is 23.1 Å². The van der Waals surface area contributed by atoms with Gasteiger partial charge in [-0.15, -0.1) is 0 Å². The zero-order valence-corrected chi connectivity index (χ0v) is 24.8.